The lowest BCUT2D eigenvalue weighted by Crippen LogP contribution is -3.12. The minimum atomic E-state index is 0.0423. The van der Waals surface area contributed by atoms with Crippen molar-refractivity contribution in [2.75, 3.05) is 13.1 Å². The molecule has 1 N–H and O–H groups in total. The van der Waals surface area contributed by atoms with E-state index in [1.54, 1.807) is 21.6 Å². The molecule has 1 aliphatic rings. The molecule has 0 amide bonds. The highest BCUT2D eigenvalue weighted by Gasteiger charge is 2.20. The lowest BCUT2D eigenvalue weighted by molar-refractivity contribution is -0.922. The summed E-state index contributed by atoms with van der Waals surface area (Å²) in [6.07, 6.45) is 4.41. The molecule has 1 fully saturated rings. The van der Waals surface area contributed by atoms with Crippen LogP contribution in [0.4, 0.5) is 0 Å². The van der Waals surface area contributed by atoms with Crippen LogP contribution in [0.25, 0.3) is 4.96 Å². The Kier molecular flexibility index (Phi) is 3.18. The predicted octanol–water partition coefficient (Wildman–Crippen LogP) is 0.571. The minimum Gasteiger partial charge on any atom is -0.330 e. The predicted molar refractivity (Wildman–Crippen MR) is 72.1 cm³/mol. The van der Waals surface area contributed by atoms with Crippen molar-refractivity contribution in [1.29, 1.82) is 0 Å². The average molecular weight is 264 g/mol. The third-order valence-corrected chi connectivity index (χ3v) is 4.41. The van der Waals surface area contributed by atoms with Crippen LogP contribution in [0.15, 0.2) is 22.4 Å². The van der Waals surface area contributed by atoms with Gasteiger partial charge in [-0.1, -0.05) is 6.92 Å². The van der Waals surface area contributed by atoms with Crippen LogP contribution in [0, 0.1) is 5.92 Å². The maximum absolute atomic E-state index is 11.9. The van der Waals surface area contributed by atoms with E-state index in [1.165, 1.54) is 37.3 Å². The van der Waals surface area contributed by atoms with Crippen LogP contribution in [0.1, 0.15) is 25.5 Å². The number of hydrogen-bond donors (Lipinski definition) is 1. The summed E-state index contributed by atoms with van der Waals surface area (Å²) in [4.78, 5) is 18.8. The van der Waals surface area contributed by atoms with E-state index >= 15 is 0 Å². The van der Waals surface area contributed by atoms with Crippen molar-refractivity contribution in [3.8, 4) is 0 Å². The third-order valence-electron chi connectivity index (χ3n) is 3.65. The molecule has 3 heterocycles. The number of nitrogens with one attached hydrogen (secondary N) is 1. The molecule has 4 nitrogen and oxygen atoms in total. The second-order valence-corrected chi connectivity index (χ2v) is 6.14. The van der Waals surface area contributed by atoms with Crippen LogP contribution >= 0.6 is 11.3 Å². The van der Waals surface area contributed by atoms with E-state index in [1.807, 2.05) is 5.38 Å². The summed E-state index contributed by atoms with van der Waals surface area (Å²) in [5, 5.41) is 1.91. The maximum atomic E-state index is 11.9. The monoisotopic (exact) mass is 264 g/mol. The first-order valence-electron chi connectivity index (χ1n) is 6.52. The van der Waals surface area contributed by atoms with E-state index in [4.69, 9.17) is 0 Å². The Morgan fingerprint density at radius 1 is 1.61 bits per heavy atom. The molecule has 0 radical (unpaired) electrons. The Balaban J connectivity index is 1.83. The summed E-state index contributed by atoms with van der Waals surface area (Å²) in [6.45, 7) is 5.60. The topological polar surface area (TPSA) is 38.8 Å². The summed E-state index contributed by atoms with van der Waals surface area (Å²) in [6, 6.07) is 1.69. The van der Waals surface area contributed by atoms with Gasteiger partial charge in [-0.15, -0.1) is 11.3 Å². The van der Waals surface area contributed by atoms with Gasteiger partial charge in [0.25, 0.3) is 5.56 Å². The number of quaternary nitrogens is 1. The Labute approximate surface area is 110 Å². The van der Waals surface area contributed by atoms with Crippen molar-refractivity contribution in [1.82, 2.24) is 9.38 Å². The normalized spacial score (nSPS) is 24.5. The Bertz CT molecular complexity index is 604. The lowest BCUT2D eigenvalue weighted by atomic mass is 10.0. The van der Waals surface area contributed by atoms with Gasteiger partial charge in [-0.2, -0.15) is 0 Å². The molecule has 3 rings (SSSR count). The molecule has 1 saturated heterocycles. The first-order chi connectivity index (χ1) is 8.72. The number of aromatic nitrogens is 2. The van der Waals surface area contributed by atoms with Crippen LogP contribution in [-0.4, -0.2) is 22.5 Å². The number of hydrogen-bond acceptors (Lipinski definition) is 3. The molecule has 2 aromatic rings. The number of thiazole rings is 1. The zero-order valence-corrected chi connectivity index (χ0v) is 11.4. The van der Waals surface area contributed by atoms with Gasteiger partial charge in [-0.25, -0.2) is 4.98 Å². The summed E-state index contributed by atoms with van der Waals surface area (Å²) < 4.78 is 1.61. The molecule has 0 aromatic carbocycles. The van der Waals surface area contributed by atoms with E-state index in [-0.39, 0.29) is 5.56 Å². The quantitative estimate of drug-likeness (QED) is 0.861. The van der Waals surface area contributed by atoms with Crippen LogP contribution in [0.2, 0.25) is 0 Å². The van der Waals surface area contributed by atoms with Gasteiger partial charge in [0.15, 0.2) is 4.96 Å². The molecular formula is C13H18N3OS+. The Morgan fingerprint density at radius 2 is 2.50 bits per heavy atom. The largest absolute Gasteiger partial charge is 0.330 e. The van der Waals surface area contributed by atoms with E-state index in [0.717, 1.165) is 23.1 Å². The summed E-state index contributed by atoms with van der Waals surface area (Å²) in [7, 11) is 0. The molecule has 2 atom stereocenters. The highest BCUT2D eigenvalue weighted by molar-refractivity contribution is 7.15. The van der Waals surface area contributed by atoms with Crippen molar-refractivity contribution in [3.05, 3.63) is 33.7 Å². The van der Waals surface area contributed by atoms with E-state index < -0.39 is 0 Å². The maximum Gasteiger partial charge on any atom is 0.258 e. The molecule has 0 aliphatic carbocycles. The highest BCUT2D eigenvalue weighted by atomic mass is 32.1. The van der Waals surface area contributed by atoms with Gasteiger partial charge in [-0.3, -0.25) is 9.20 Å². The number of piperidine rings is 1. The van der Waals surface area contributed by atoms with E-state index in [2.05, 4.69) is 11.9 Å². The zero-order chi connectivity index (χ0) is 12.5. The number of rotatable bonds is 2. The van der Waals surface area contributed by atoms with Gasteiger partial charge in [0.05, 0.1) is 13.1 Å². The number of likely N-dealkylation sites (tertiary alicyclic amines) is 1. The summed E-state index contributed by atoms with van der Waals surface area (Å²) >= 11 is 1.52. The van der Waals surface area contributed by atoms with Gasteiger partial charge >= 0.3 is 0 Å². The molecule has 0 bridgehead atoms. The van der Waals surface area contributed by atoms with Gasteiger partial charge < -0.3 is 4.90 Å². The van der Waals surface area contributed by atoms with Crippen molar-refractivity contribution in [3.63, 3.8) is 0 Å². The SMILES string of the molecule is C[C@H]1CCC[NH+](Cc2cc(=O)n3ccsc3n2)C1. The number of fused-ring (bicyclic) bond motifs is 1. The van der Waals surface area contributed by atoms with Crippen molar-refractivity contribution in [2.24, 2.45) is 5.92 Å². The molecule has 0 saturated carbocycles. The van der Waals surface area contributed by atoms with Crippen LogP contribution in [0.3, 0.4) is 0 Å². The fourth-order valence-electron chi connectivity index (χ4n) is 2.79. The van der Waals surface area contributed by atoms with Gasteiger partial charge in [-0.05, 0) is 12.8 Å². The fraction of sp³-hybridized carbons (Fsp3) is 0.538. The first-order valence-corrected chi connectivity index (χ1v) is 7.39. The number of nitrogens with zero attached hydrogens (tertiary/aromatic N) is 2. The second kappa shape index (κ2) is 4.82. The summed E-state index contributed by atoms with van der Waals surface area (Å²) in [5.74, 6) is 0.792. The highest BCUT2D eigenvalue weighted by Crippen LogP contribution is 2.07. The first kappa shape index (κ1) is 11.9. The van der Waals surface area contributed by atoms with Gasteiger partial charge in [0.1, 0.15) is 12.2 Å². The van der Waals surface area contributed by atoms with E-state index in [0.29, 0.717) is 0 Å². The molecule has 0 spiro atoms. The molecule has 2 aromatic heterocycles. The Morgan fingerprint density at radius 3 is 3.33 bits per heavy atom. The van der Waals surface area contributed by atoms with Gasteiger partial charge in [0.2, 0.25) is 0 Å². The molecule has 5 heteroatoms. The van der Waals surface area contributed by atoms with Crippen LogP contribution in [-0.2, 0) is 6.54 Å². The van der Waals surface area contributed by atoms with E-state index in [9.17, 15) is 4.79 Å². The Hall–Kier alpha value is -1.20. The average Bonchev–Trinajstić information content (AvgIpc) is 2.77. The molecule has 1 aliphatic heterocycles. The lowest BCUT2D eigenvalue weighted by Gasteiger charge is -2.27. The smallest absolute Gasteiger partial charge is 0.258 e. The summed E-state index contributed by atoms with van der Waals surface area (Å²) in [5.41, 5.74) is 0.979. The van der Waals surface area contributed by atoms with Crippen LogP contribution < -0.4 is 10.5 Å². The molecule has 18 heavy (non-hydrogen) atoms. The molecule has 1 unspecified atom stereocenters. The van der Waals surface area contributed by atoms with Crippen molar-refractivity contribution < 1.29 is 4.90 Å². The third kappa shape index (κ3) is 2.33. The van der Waals surface area contributed by atoms with Crippen LogP contribution in [0.5, 0.6) is 0 Å². The second-order valence-electron chi connectivity index (χ2n) is 5.27. The molecule has 96 valence electrons. The van der Waals surface area contributed by atoms with Gasteiger partial charge in [0, 0.05) is 23.6 Å². The van der Waals surface area contributed by atoms with Crippen molar-refractivity contribution in [2.45, 2.75) is 26.3 Å². The fourth-order valence-corrected chi connectivity index (χ4v) is 3.53. The standard InChI is InChI=1S/C13H17N3OS/c1-10-3-2-4-15(8-10)9-11-7-12(17)16-5-6-18-13(16)14-11/h5-7,10H,2-4,8-9H2,1H3/p+1/t10-/m0/s1. The zero-order valence-electron chi connectivity index (χ0n) is 10.6. The van der Waals surface area contributed by atoms with Crippen molar-refractivity contribution >= 4 is 16.3 Å². The minimum absolute atomic E-state index is 0.0423. The molecular weight excluding hydrogens is 246 g/mol.